The summed E-state index contributed by atoms with van der Waals surface area (Å²) < 4.78 is 11.4. The minimum absolute atomic E-state index is 0.0579. The standard InChI is InChI=1S/C24H23N5O3/c1-4-31-21-12-17(10-11-20(21)32-15-16(2)3)14-26-29-24-27-22(18-8-6-5-7-9-18)19(13-25)23(30)28-24/h5-12,14H,2,4,15H2,1,3H3,(H2,27,28,29,30). The Labute approximate surface area is 185 Å². The fourth-order valence-corrected chi connectivity index (χ4v) is 2.80. The van der Waals surface area contributed by atoms with E-state index in [-0.39, 0.29) is 17.2 Å². The first-order valence-corrected chi connectivity index (χ1v) is 9.94. The second kappa shape index (κ2) is 10.6. The average molecular weight is 429 g/mol. The highest BCUT2D eigenvalue weighted by Crippen LogP contribution is 2.28. The van der Waals surface area contributed by atoms with Gasteiger partial charge in [0.15, 0.2) is 11.5 Å². The van der Waals surface area contributed by atoms with Crippen molar-refractivity contribution in [2.24, 2.45) is 5.10 Å². The van der Waals surface area contributed by atoms with Gasteiger partial charge in [0, 0.05) is 5.56 Å². The van der Waals surface area contributed by atoms with Crippen LogP contribution in [0.4, 0.5) is 5.95 Å². The molecule has 0 aliphatic carbocycles. The third-order valence-electron chi connectivity index (χ3n) is 4.20. The second-order valence-electron chi connectivity index (χ2n) is 6.87. The highest BCUT2D eigenvalue weighted by molar-refractivity contribution is 5.81. The monoisotopic (exact) mass is 429 g/mol. The van der Waals surface area contributed by atoms with E-state index >= 15 is 0 Å². The summed E-state index contributed by atoms with van der Waals surface area (Å²) in [6, 6.07) is 16.4. The Morgan fingerprint density at radius 3 is 2.72 bits per heavy atom. The first-order chi connectivity index (χ1) is 15.5. The van der Waals surface area contributed by atoms with Crippen LogP contribution in [0.25, 0.3) is 11.3 Å². The summed E-state index contributed by atoms with van der Waals surface area (Å²) in [5.41, 5.74) is 4.71. The minimum atomic E-state index is -0.545. The van der Waals surface area contributed by atoms with Gasteiger partial charge in [0.1, 0.15) is 18.2 Å². The molecule has 1 heterocycles. The van der Waals surface area contributed by atoms with Crippen LogP contribution in [-0.4, -0.2) is 29.4 Å². The van der Waals surface area contributed by atoms with Crippen molar-refractivity contribution in [1.29, 1.82) is 5.26 Å². The van der Waals surface area contributed by atoms with Crippen LogP contribution in [0.5, 0.6) is 11.5 Å². The molecule has 0 saturated carbocycles. The molecule has 2 aromatic carbocycles. The van der Waals surface area contributed by atoms with Crippen LogP contribution >= 0.6 is 0 Å². The SMILES string of the molecule is C=C(C)COc1ccc(C=NNc2nc(-c3ccccc3)c(C#N)c(=O)[nH]2)cc1OCC. The molecular weight excluding hydrogens is 406 g/mol. The van der Waals surface area contributed by atoms with Crippen molar-refractivity contribution in [3.63, 3.8) is 0 Å². The van der Waals surface area contributed by atoms with Crippen molar-refractivity contribution in [3.05, 3.63) is 82.2 Å². The van der Waals surface area contributed by atoms with Crippen molar-refractivity contribution in [3.8, 4) is 28.8 Å². The Morgan fingerprint density at radius 1 is 1.25 bits per heavy atom. The molecule has 0 saturated heterocycles. The first-order valence-electron chi connectivity index (χ1n) is 9.94. The zero-order chi connectivity index (χ0) is 22.9. The van der Waals surface area contributed by atoms with Crippen molar-refractivity contribution >= 4 is 12.2 Å². The summed E-state index contributed by atoms with van der Waals surface area (Å²) in [7, 11) is 0. The van der Waals surface area contributed by atoms with Crippen LogP contribution in [0, 0.1) is 11.3 Å². The van der Waals surface area contributed by atoms with E-state index in [1.54, 1.807) is 30.5 Å². The predicted octanol–water partition coefficient (Wildman–Crippen LogP) is 4.11. The molecule has 0 unspecified atom stereocenters. The lowest BCUT2D eigenvalue weighted by molar-refractivity contribution is 0.293. The number of rotatable bonds is 9. The van der Waals surface area contributed by atoms with Crippen molar-refractivity contribution < 1.29 is 9.47 Å². The number of aromatic amines is 1. The summed E-state index contributed by atoms with van der Waals surface area (Å²) >= 11 is 0. The molecule has 3 rings (SSSR count). The second-order valence-corrected chi connectivity index (χ2v) is 6.87. The highest BCUT2D eigenvalue weighted by Gasteiger charge is 2.13. The maximum absolute atomic E-state index is 12.3. The van der Waals surface area contributed by atoms with E-state index in [2.05, 4.69) is 27.1 Å². The van der Waals surface area contributed by atoms with Gasteiger partial charge in [-0.3, -0.25) is 9.78 Å². The fourth-order valence-electron chi connectivity index (χ4n) is 2.80. The van der Waals surface area contributed by atoms with Crippen molar-refractivity contribution in [2.75, 3.05) is 18.6 Å². The van der Waals surface area contributed by atoms with E-state index in [0.29, 0.717) is 30.3 Å². The molecular formula is C24H23N5O3. The van der Waals surface area contributed by atoms with E-state index in [1.807, 2.05) is 44.2 Å². The van der Waals surface area contributed by atoms with Gasteiger partial charge >= 0.3 is 0 Å². The molecule has 8 nitrogen and oxygen atoms in total. The molecule has 0 atom stereocenters. The Kier molecular flexibility index (Phi) is 7.38. The third-order valence-corrected chi connectivity index (χ3v) is 4.20. The molecule has 0 fully saturated rings. The van der Waals surface area contributed by atoms with Gasteiger partial charge in [0.05, 0.1) is 18.5 Å². The molecule has 0 aliphatic rings. The molecule has 3 aromatic rings. The Morgan fingerprint density at radius 2 is 2.03 bits per heavy atom. The number of ether oxygens (including phenoxy) is 2. The number of nitrogens with one attached hydrogen (secondary N) is 2. The number of nitriles is 1. The number of hydrazone groups is 1. The summed E-state index contributed by atoms with van der Waals surface area (Å²) in [4.78, 5) is 19.2. The number of hydrogen-bond donors (Lipinski definition) is 2. The van der Waals surface area contributed by atoms with Gasteiger partial charge in [-0.1, -0.05) is 36.9 Å². The fraction of sp³-hybridized carbons (Fsp3) is 0.167. The highest BCUT2D eigenvalue weighted by atomic mass is 16.5. The van der Waals surface area contributed by atoms with Gasteiger partial charge in [-0.2, -0.15) is 10.4 Å². The minimum Gasteiger partial charge on any atom is -0.490 e. The molecule has 1 aromatic heterocycles. The topological polar surface area (TPSA) is 112 Å². The van der Waals surface area contributed by atoms with Gasteiger partial charge in [-0.15, -0.1) is 0 Å². The molecule has 0 bridgehead atoms. The van der Waals surface area contributed by atoms with Crippen LogP contribution < -0.4 is 20.5 Å². The number of anilines is 1. The van der Waals surface area contributed by atoms with Gasteiger partial charge in [0.2, 0.25) is 5.95 Å². The lowest BCUT2D eigenvalue weighted by Gasteiger charge is -2.12. The van der Waals surface area contributed by atoms with Gasteiger partial charge in [0.25, 0.3) is 5.56 Å². The first kappa shape index (κ1) is 22.3. The summed E-state index contributed by atoms with van der Waals surface area (Å²) in [5.74, 6) is 1.33. The maximum atomic E-state index is 12.3. The van der Waals surface area contributed by atoms with E-state index in [1.165, 1.54) is 0 Å². The van der Waals surface area contributed by atoms with Gasteiger partial charge in [-0.25, -0.2) is 10.4 Å². The molecule has 32 heavy (non-hydrogen) atoms. The van der Waals surface area contributed by atoms with E-state index in [9.17, 15) is 10.1 Å². The quantitative estimate of drug-likeness (QED) is 0.301. The van der Waals surface area contributed by atoms with Gasteiger partial charge < -0.3 is 9.47 Å². The van der Waals surface area contributed by atoms with Crippen molar-refractivity contribution in [2.45, 2.75) is 13.8 Å². The normalized spacial score (nSPS) is 10.5. The largest absolute Gasteiger partial charge is 0.490 e. The Balaban J connectivity index is 1.82. The molecule has 0 amide bonds. The number of benzene rings is 2. The van der Waals surface area contributed by atoms with E-state index < -0.39 is 5.56 Å². The smallest absolute Gasteiger partial charge is 0.270 e. The number of H-pyrrole nitrogens is 1. The predicted molar refractivity (Wildman–Crippen MR) is 124 cm³/mol. The average Bonchev–Trinajstić information content (AvgIpc) is 2.79. The lowest BCUT2D eigenvalue weighted by atomic mass is 10.1. The zero-order valence-corrected chi connectivity index (χ0v) is 17.9. The van der Waals surface area contributed by atoms with Crippen LogP contribution in [0.1, 0.15) is 25.0 Å². The number of aromatic nitrogens is 2. The number of nitrogens with zero attached hydrogens (tertiary/aromatic N) is 3. The number of hydrogen-bond acceptors (Lipinski definition) is 7. The van der Waals surface area contributed by atoms with E-state index in [0.717, 1.165) is 11.1 Å². The van der Waals surface area contributed by atoms with Crippen LogP contribution in [0.3, 0.4) is 0 Å². The molecule has 2 N–H and O–H groups in total. The maximum Gasteiger partial charge on any atom is 0.270 e. The molecule has 0 aliphatic heterocycles. The van der Waals surface area contributed by atoms with Crippen LogP contribution in [0.2, 0.25) is 0 Å². The summed E-state index contributed by atoms with van der Waals surface area (Å²) in [6.07, 6.45) is 1.56. The molecule has 8 heteroatoms. The third kappa shape index (κ3) is 5.61. The van der Waals surface area contributed by atoms with Crippen LogP contribution in [-0.2, 0) is 0 Å². The lowest BCUT2D eigenvalue weighted by Crippen LogP contribution is -2.16. The molecule has 0 radical (unpaired) electrons. The molecule has 162 valence electrons. The summed E-state index contributed by atoms with van der Waals surface area (Å²) in [6.45, 7) is 8.50. The summed E-state index contributed by atoms with van der Waals surface area (Å²) in [5, 5.41) is 13.5. The van der Waals surface area contributed by atoms with Crippen molar-refractivity contribution in [1.82, 2.24) is 9.97 Å². The van der Waals surface area contributed by atoms with E-state index in [4.69, 9.17) is 9.47 Å². The van der Waals surface area contributed by atoms with Gasteiger partial charge in [-0.05, 0) is 43.2 Å². The van der Waals surface area contributed by atoms with Crippen LogP contribution in [0.15, 0.2) is 70.6 Å². The molecule has 0 spiro atoms. The Hall–Kier alpha value is -4.38. The zero-order valence-electron chi connectivity index (χ0n) is 17.9. The Bertz CT molecular complexity index is 1230.